The fraction of sp³-hybridized carbons (Fsp3) is 0.417. The lowest BCUT2D eigenvalue weighted by Gasteiger charge is -2.11. The molecule has 1 aliphatic heterocycles. The molecule has 0 aliphatic carbocycles. The van der Waals surface area contributed by atoms with E-state index in [4.69, 9.17) is 0 Å². The van der Waals surface area contributed by atoms with E-state index in [-0.39, 0.29) is 0 Å². The maximum Gasteiger partial charge on any atom is 0.156 e. The van der Waals surface area contributed by atoms with Gasteiger partial charge in [0, 0.05) is 12.4 Å². The first kappa shape index (κ1) is 10.4. The van der Waals surface area contributed by atoms with Gasteiger partial charge in [-0.15, -0.1) is 0 Å². The van der Waals surface area contributed by atoms with Crippen LogP contribution in [0.3, 0.4) is 0 Å². The standard InChI is InChI=1S/C12H15N5/c1-9-14-5-6-17(9)12-8-13-7-11(16-12)10-3-2-4-15-10/h5-8,10,15H,2-4H2,1H3. The summed E-state index contributed by atoms with van der Waals surface area (Å²) in [6, 6.07) is 0.353. The highest BCUT2D eigenvalue weighted by Crippen LogP contribution is 2.21. The highest BCUT2D eigenvalue weighted by atomic mass is 15.1. The second-order valence-corrected chi connectivity index (χ2v) is 4.30. The van der Waals surface area contributed by atoms with Gasteiger partial charge in [0.1, 0.15) is 5.82 Å². The van der Waals surface area contributed by atoms with Crippen LogP contribution in [0.4, 0.5) is 0 Å². The first-order valence-electron chi connectivity index (χ1n) is 5.90. The number of aryl methyl sites for hydroxylation is 1. The Bertz CT molecular complexity index is 513. The number of aromatic nitrogens is 4. The molecule has 2 aromatic heterocycles. The minimum absolute atomic E-state index is 0.353. The molecule has 0 bridgehead atoms. The molecule has 1 N–H and O–H groups in total. The Morgan fingerprint density at radius 2 is 2.35 bits per heavy atom. The van der Waals surface area contributed by atoms with E-state index in [2.05, 4.69) is 20.3 Å². The molecule has 88 valence electrons. The number of nitrogens with zero attached hydrogens (tertiary/aromatic N) is 4. The number of nitrogens with one attached hydrogen (secondary N) is 1. The smallest absolute Gasteiger partial charge is 0.156 e. The quantitative estimate of drug-likeness (QED) is 0.845. The summed E-state index contributed by atoms with van der Waals surface area (Å²) in [5.41, 5.74) is 1.02. The van der Waals surface area contributed by atoms with Crippen LogP contribution in [0.5, 0.6) is 0 Å². The first-order valence-corrected chi connectivity index (χ1v) is 5.90. The Morgan fingerprint density at radius 3 is 3.06 bits per heavy atom. The van der Waals surface area contributed by atoms with E-state index in [9.17, 15) is 0 Å². The monoisotopic (exact) mass is 229 g/mol. The third-order valence-electron chi connectivity index (χ3n) is 3.13. The lowest BCUT2D eigenvalue weighted by atomic mass is 10.2. The molecule has 3 heterocycles. The topological polar surface area (TPSA) is 55.6 Å². The van der Waals surface area contributed by atoms with Gasteiger partial charge in [0.2, 0.25) is 0 Å². The maximum absolute atomic E-state index is 4.66. The molecule has 0 saturated carbocycles. The molecule has 1 unspecified atom stereocenters. The van der Waals surface area contributed by atoms with Crippen LogP contribution in [-0.2, 0) is 0 Å². The molecular weight excluding hydrogens is 214 g/mol. The maximum atomic E-state index is 4.66. The van der Waals surface area contributed by atoms with E-state index in [1.54, 1.807) is 12.4 Å². The Morgan fingerprint density at radius 1 is 1.41 bits per heavy atom. The predicted octanol–water partition coefficient (Wildman–Crippen LogP) is 1.40. The zero-order valence-corrected chi connectivity index (χ0v) is 9.80. The first-order chi connectivity index (χ1) is 8.34. The molecule has 17 heavy (non-hydrogen) atoms. The summed E-state index contributed by atoms with van der Waals surface area (Å²) in [7, 11) is 0. The van der Waals surface area contributed by atoms with Gasteiger partial charge < -0.3 is 5.32 Å². The highest BCUT2D eigenvalue weighted by Gasteiger charge is 2.18. The van der Waals surface area contributed by atoms with Gasteiger partial charge in [0.15, 0.2) is 5.82 Å². The van der Waals surface area contributed by atoms with Gasteiger partial charge >= 0.3 is 0 Å². The minimum Gasteiger partial charge on any atom is -0.309 e. The SMILES string of the molecule is Cc1nccn1-c1cncc(C2CCCN2)n1. The van der Waals surface area contributed by atoms with Crippen LogP contribution < -0.4 is 5.32 Å². The van der Waals surface area contributed by atoms with Gasteiger partial charge in [-0.2, -0.15) is 0 Å². The van der Waals surface area contributed by atoms with E-state index in [0.29, 0.717) is 6.04 Å². The van der Waals surface area contributed by atoms with Crippen LogP contribution >= 0.6 is 0 Å². The molecule has 2 aromatic rings. The third kappa shape index (κ3) is 1.93. The van der Waals surface area contributed by atoms with Crippen LogP contribution in [0.25, 0.3) is 5.82 Å². The van der Waals surface area contributed by atoms with Gasteiger partial charge in [-0.25, -0.2) is 9.97 Å². The van der Waals surface area contributed by atoms with Crippen LogP contribution in [-0.4, -0.2) is 26.1 Å². The van der Waals surface area contributed by atoms with E-state index >= 15 is 0 Å². The molecule has 1 aliphatic rings. The molecule has 1 fully saturated rings. The zero-order chi connectivity index (χ0) is 11.7. The van der Waals surface area contributed by atoms with Crippen LogP contribution in [0.15, 0.2) is 24.8 Å². The second kappa shape index (κ2) is 4.25. The Kier molecular flexibility index (Phi) is 2.60. The molecule has 3 rings (SSSR count). The molecule has 1 saturated heterocycles. The Balaban J connectivity index is 1.96. The fourth-order valence-corrected chi connectivity index (χ4v) is 2.21. The molecule has 0 spiro atoms. The van der Waals surface area contributed by atoms with Crippen LogP contribution in [0.1, 0.15) is 30.4 Å². The van der Waals surface area contributed by atoms with Crippen molar-refractivity contribution < 1.29 is 0 Å². The summed E-state index contributed by atoms with van der Waals surface area (Å²) in [5.74, 6) is 1.77. The second-order valence-electron chi connectivity index (χ2n) is 4.30. The fourth-order valence-electron chi connectivity index (χ4n) is 2.21. The zero-order valence-electron chi connectivity index (χ0n) is 9.80. The van der Waals surface area contributed by atoms with E-state index < -0.39 is 0 Å². The van der Waals surface area contributed by atoms with Crippen LogP contribution in [0.2, 0.25) is 0 Å². The van der Waals surface area contributed by atoms with Gasteiger partial charge in [-0.1, -0.05) is 0 Å². The summed E-state index contributed by atoms with van der Waals surface area (Å²) >= 11 is 0. The van der Waals surface area contributed by atoms with Crippen molar-refractivity contribution >= 4 is 0 Å². The van der Waals surface area contributed by atoms with Gasteiger partial charge in [0.25, 0.3) is 0 Å². The lowest BCUT2D eigenvalue weighted by molar-refractivity contribution is 0.621. The average Bonchev–Trinajstić information content (AvgIpc) is 2.99. The van der Waals surface area contributed by atoms with Crippen LogP contribution in [0, 0.1) is 6.92 Å². The molecular formula is C12H15N5. The van der Waals surface area contributed by atoms with E-state index in [1.807, 2.05) is 23.9 Å². The molecule has 5 nitrogen and oxygen atoms in total. The molecule has 0 amide bonds. The number of hydrogen-bond donors (Lipinski definition) is 1. The van der Waals surface area contributed by atoms with Crippen molar-refractivity contribution in [1.82, 2.24) is 24.8 Å². The molecule has 0 radical (unpaired) electrons. The highest BCUT2D eigenvalue weighted by molar-refractivity contribution is 5.23. The number of imidazole rings is 1. The van der Waals surface area contributed by atoms with Crippen molar-refractivity contribution in [2.45, 2.75) is 25.8 Å². The number of hydrogen-bond acceptors (Lipinski definition) is 4. The Labute approximate surface area is 99.9 Å². The Hall–Kier alpha value is -1.75. The van der Waals surface area contributed by atoms with E-state index in [1.165, 1.54) is 6.42 Å². The van der Waals surface area contributed by atoms with E-state index in [0.717, 1.165) is 30.3 Å². The molecule has 5 heteroatoms. The lowest BCUT2D eigenvalue weighted by Crippen LogP contribution is -2.15. The van der Waals surface area contributed by atoms with Crippen molar-refractivity contribution in [3.8, 4) is 5.82 Å². The van der Waals surface area contributed by atoms with Crippen molar-refractivity contribution in [2.24, 2.45) is 0 Å². The minimum atomic E-state index is 0.353. The molecule has 0 aromatic carbocycles. The summed E-state index contributed by atoms with van der Waals surface area (Å²) in [5, 5.41) is 3.43. The van der Waals surface area contributed by atoms with Crippen molar-refractivity contribution in [3.05, 3.63) is 36.3 Å². The van der Waals surface area contributed by atoms with Gasteiger partial charge in [-0.3, -0.25) is 9.55 Å². The number of rotatable bonds is 2. The third-order valence-corrected chi connectivity index (χ3v) is 3.13. The largest absolute Gasteiger partial charge is 0.309 e. The van der Waals surface area contributed by atoms with Crippen molar-refractivity contribution in [3.63, 3.8) is 0 Å². The summed E-state index contributed by atoms with van der Waals surface area (Å²) < 4.78 is 1.95. The molecule has 1 atom stereocenters. The summed E-state index contributed by atoms with van der Waals surface area (Å²) in [4.78, 5) is 13.1. The average molecular weight is 229 g/mol. The summed E-state index contributed by atoms with van der Waals surface area (Å²) in [6.07, 6.45) is 9.65. The van der Waals surface area contributed by atoms with Gasteiger partial charge in [-0.05, 0) is 26.3 Å². The summed E-state index contributed by atoms with van der Waals surface area (Å²) in [6.45, 7) is 3.03. The predicted molar refractivity (Wildman–Crippen MR) is 63.9 cm³/mol. The normalized spacial score (nSPS) is 19.7. The van der Waals surface area contributed by atoms with Crippen molar-refractivity contribution in [2.75, 3.05) is 6.54 Å². The van der Waals surface area contributed by atoms with Crippen molar-refractivity contribution in [1.29, 1.82) is 0 Å². The van der Waals surface area contributed by atoms with Gasteiger partial charge in [0.05, 0.1) is 24.1 Å².